The predicted octanol–water partition coefficient (Wildman–Crippen LogP) is 1.93. The molecule has 1 fully saturated rings. The number of carbonyl (C=O) groups is 1. The van der Waals surface area contributed by atoms with E-state index in [0.29, 0.717) is 17.9 Å². The predicted molar refractivity (Wildman–Crippen MR) is 112 cm³/mol. The highest BCUT2D eigenvalue weighted by Gasteiger charge is 2.30. The Morgan fingerprint density at radius 1 is 1.10 bits per heavy atom. The van der Waals surface area contributed by atoms with E-state index in [9.17, 15) is 21.6 Å². The molecule has 1 atom stereocenters. The summed E-state index contributed by atoms with van der Waals surface area (Å²) in [5, 5.41) is 0. The van der Waals surface area contributed by atoms with Crippen LogP contribution in [-0.4, -0.2) is 54.1 Å². The number of rotatable bonds is 7. The molecule has 1 aliphatic heterocycles. The molecule has 0 saturated carbocycles. The van der Waals surface area contributed by atoms with Gasteiger partial charge in [-0.15, -0.1) is 0 Å². The third-order valence-electron chi connectivity index (χ3n) is 4.73. The lowest BCUT2D eigenvalue weighted by molar-refractivity contribution is -0.150. The lowest BCUT2D eigenvalue weighted by atomic mass is 10.2. The molecule has 2 aromatic carbocycles. The lowest BCUT2D eigenvalue weighted by Crippen LogP contribution is -2.26. The van der Waals surface area contributed by atoms with Gasteiger partial charge in [-0.2, -0.15) is 0 Å². The number of esters is 1. The molecule has 8 nitrogen and oxygen atoms in total. The molecule has 3 rings (SSSR count). The molecule has 1 unspecified atom stereocenters. The van der Waals surface area contributed by atoms with E-state index in [-0.39, 0.29) is 23.0 Å². The molecule has 0 radical (unpaired) electrons. The molecule has 1 heterocycles. The van der Waals surface area contributed by atoms with Gasteiger partial charge in [0.1, 0.15) is 11.9 Å². The number of sulfone groups is 1. The first-order valence-electron chi connectivity index (χ1n) is 9.25. The number of hydrogen-bond acceptors (Lipinski definition) is 7. The molecule has 30 heavy (non-hydrogen) atoms. The Balaban J connectivity index is 1.58. The van der Waals surface area contributed by atoms with Gasteiger partial charge in [-0.25, -0.2) is 21.6 Å². The van der Waals surface area contributed by atoms with Crippen LogP contribution < -0.4 is 9.04 Å². The van der Waals surface area contributed by atoms with E-state index in [1.807, 2.05) is 6.92 Å². The maximum absolute atomic E-state index is 12.7. The summed E-state index contributed by atoms with van der Waals surface area (Å²) in [6, 6.07) is 12.8. The van der Waals surface area contributed by atoms with Crippen molar-refractivity contribution in [2.45, 2.75) is 24.3 Å². The second-order valence-corrected chi connectivity index (χ2v) is 11.3. The second-order valence-electron chi connectivity index (χ2n) is 7.08. The molecule has 1 saturated heterocycles. The van der Waals surface area contributed by atoms with Crippen molar-refractivity contribution in [1.29, 1.82) is 0 Å². The summed E-state index contributed by atoms with van der Waals surface area (Å²) in [4.78, 5) is 12.0. The molecule has 10 heteroatoms. The van der Waals surface area contributed by atoms with Gasteiger partial charge in [-0.05, 0) is 49.7 Å². The standard InChI is InChI=1S/C20H23NO7S2/c1-15-3-9-19(10-4-15)30(25,26)21(2)16-5-7-17(8-6-16)27-13-20(22)28-18-11-12-29(23,24)14-18/h3-10,18H,11-14H2,1-2H3. The van der Waals surface area contributed by atoms with E-state index < -0.39 is 31.9 Å². The Bertz CT molecular complexity index is 1110. The van der Waals surface area contributed by atoms with Crippen LogP contribution in [0.25, 0.3) is 0 Å². The maximum Gasteiger partial charge on any atom is 0.344 e. The summed E-state index contributed by atoms with van der Waals surface area (Å²) in [5.41, 5.74) is 1.40. The molecule has 0 aliphatic carbocycles. The number of ether oxygens (including phenoxy) is 2. The van der Waals surface area contributed by atoms with Crippen LogP contribution in [0, 0.1) is 6.92 Å². The van der Waals surface area contributed by atoms with Gasteiger partial charge < -0.3 is 9.47 Å². The topological polar surface area (TPSA) is 107 Å². The van der Waals surface area contributed by atoms with E-state index in [0.717, 1.165) is 9.87 Å². The zero-order valence-corrected chi connectivity index (χ0v) is 18.3. The molecular weight excluding hydrogens is 430 g/mol. The molecule has 0 N–H and O–H groups in total. The van der Waals surface area contributed by atoms with Gasteiger partial charge in [0.05, 0.1) is 22.1 Å². The monoisotopic (exact) mass is 453 g/mol. The van der Waals surface area contributed by atoms with Crippen molar-refractivity contribution < 1.29 is 31.1 Å². The molecule has 0 amide bonds. The number of anilines is 1. The molecule has 0 bridgehead atoms. The summed E-state index contributed by atoms with van der Waals surface area (Å²) in [7, 11) is -5.37. The van der Waals surface area contributed by atoms with Gasteiger partial charge >= 0.3 is 5.97 Å². The second kappa shape index (κ2) is 8.65. The van der Waals surface area contributed by atoms with Crippen molar-refractivity contribution in [2.24, 2.45) is 0 Å². The lowest BCUT2D eigenvalue weighted by Gasteiger charge is -2.20. The number of benzene rings is 2. The highest BCUT2D eigenvalue weighted by Crippen LogP contribution is 2.24. The van der Waals surface area contributed by atoms with E-state index in [1.165, 1.54) is 7.05 Å². The first kappa shape index (κ1) is 22.1. The van der Waals surface area contributed by atoms with Gasteiger partial charge in [-0.3, -0.25) is 4.31 Å². The summed E-state index contributed by atoms with van der Waals surface area (Å²) in [6.07, 6.45) is -0.334. The molecule has 2 aromatic rings. The van der Waals surface area contributed by atoms with Gasteiger partial charge in [0.2, 0.25) is 0 Å². The number of hydrogen-bond donors (Lipinski definition) is 0. The van der Waals surface area contributed by atoms with Crippen molar-refractivity contribution in [3.63, 3.8) is 0 Å². The van der Waals surface area contributed by atoms with Gasteiger partial charge in [-0.1, -0.05) is 17.7 Å². The van der Waals surface area contributed by atoms with Crippen molar-refractivity contribution >= 4 is 31.5 Å². The van der Waals surface area contributed by atoms with Crippen molar-refractivity contribution in [3.8, 4) is 5.75 Å². The Hall–Kier alpha value is -2.59. The van der Waals surface area contributed by atoms with Crippen LogP contribution in [0.15, 0.2) is 53.4 Å². The molecule has 162 valence electrons. The summed E-state index contributed by atoms with van der Waals surface area (Å²) in [6.45, 7) is 1.51. The van der Waals surface area contributed by atoms with Crippen LogP contribution in [0.2, 0.25) is 0 Å². The number of nitrogens with zero attached hydrogens (tertiary/aromatic N) is 1. The van der Waals surface area contributed by atoms with Crippen LogP contribution in [0.4, 0.5) is 5.69 Å². The Morgan fingerprint density at radius 2 is 1.73 bits per heavy atom. The van der Waals surface area contributed by atoms with E-state index in [4.69, 9.17) is 9.47 Å². The smallest absolute Gasteiger partial charge is 0.344 e. The van der Waals surface area contributed by atoms with Crippen LogP contribution >= 0.6 is 0 Å². The average molecular weight is 454 g/mol. The van der Waals surface area contributed by atoms with Gasteiger partial charge in [0.15, 0.2) is 16.4 Å². The fraction of sp³-hybridized carbons (Fsp3) is 0.350. The van der Waals surface area contributed by atoms with Crippen LogP contribution in [-0.2, 0) is 29.4 Å². The molecule has 0 aromatic heterocycles. The first-order valence-corrected chi connectivity index (χ1v) is 12.5. The molecular formula is C20H23NO7S2. The Labute approximate surface area is 176 Å². The largest absolute Gasteiger partial charge is 0.482 e. The number of sulfonamides is 1. The summed E-state index contributed by atoms with van der Waals surface area (Å²) in [5.74, 6) is -0.433. The van der Waals surface area contributed by atoms with E-state index in [2.05, 4.69) is 0 Å². The quantitative estimate of drug-likeness (QED) is 0.590. The number of carbonyl (C=O) groups excluding carboxylic acids is 1. The first-order chi connectivity index (χ1) is 14.1. The van der Waals surface area contributed by atoms with Crippen molar-refractivity contribution in [1.82, 2.24) is 0 Å². The summed E-state index contributed by atoms with van der Waals surface area (Å²) < 4.78 is 59.9. The fourth-order valence-electron chi connectivity index (χ4n) is 2.98. The van der Waals surface area contributed by atoms with E-state index in [1.54, 1.807) is 48.5 Å². The Morgan fingerprint density at radius 3 is 2.30 bits per heavy atom. The fourth-order valence-corrected chi connectivity index (χ4v) is 5.76. The van der Waals surface area contributed by atoms with Crippen molar-refractivity contribution in [2.75, 3.05) is 29.5 Å². The zero-order chi connectivity index (χ0) is 21.9. The van der Waals surface area contributed by atoms with E-state index >= 15 is 0 Å². The zero-order valence-electron chi connectivity index (χ0n) is 16.6. The van der Waals surface area contributed by atoms with Crippen LogP contribution in [0.5, 0.6) is 5.75 Å². The minimum atomic E-state index is -3.70. The third kappa shape index (κ3) is 5.31. The Kier molecular flexibility index (Phi) is 6.37. The normalized spacial score (nSPS) is 18.0. The van der Waals surface area contributed by atoms with Crippen molar-refractivity contribution in [3.05, 3.63) is 54.1 Å². The number of aryl methyl sites for hydroxylation is 1. The average Bonchev–Trinajstić information content (AvgIpc) is 3.04. The minimum absolute atomic E-state index is 0.0201. The van der Waals surface area contributed by atoms with Gasteiger partial charge in [0.25, 0.3) is 10.0 Å². The van der Waals surface area contributed by atoms with Crippen LogP contribution in [0.3, 0.4) is 0 Å². The summed E-state index contributed by atoms with van der Waals surface area (Å²) >= 11 is 0. The molecule has 0 spiro atoms. The van der Waals surface area contributed by atoms with Gasteiger partial charge in [0, 0.05) is 7.05 Å². The third-order valence-corrected chi connectivity index (χ3v) is 8.26. The highest BCUT2D eigenvalue weighted by molar-refractivity contribution is 7.92. The highest BCUT2D eigenvalue weighted by atomic mass is 32.2. The molecule has 1 aliphatic rings. The SMILES string of the molecule is Cc1ccc(S(=O)(=O)N(C)c2ccc(OCC(=O)OC3CCS(=O)(=O)C3)cc2)cc1. The maximum atomic E-state index is 12.7. The van der Waals surface area contributed by atoms with Crippen LogP contribution in [0.1, 0.15) is 12.0 Å². The minimum Gasteiger partial charge on any atom is -0.482 e.